The summed E-state index contributed by atoms with van der Waals surface area (Å²) in [5.74, 6) is 4.81. The number of H-pyrrole nitrogens is 2. The topological polar surface area (TPSA) is 110 Å². The van der Waals surface area contributed by atoms with Crippen LogP contribution in [0.15, 0.2) is 11.0 Å². The lowest BCUT2D eigenvalue weighted by Crippen LogP contribution is -2.13. The van der Waals surface area contributed by atoms with Gasteiger partial charge in [0.05, 0.1) is 6.20 Å². The lowest BCUT2D eigenvalue weighted by atomic mass is 10.4. The first-order valence-electron chi connectivity index (χ1n) is 3.11. The molecular formula is C5H5N5O2. The van der Waals surface area contributed by atoms with Gasteiger partial charge >= 0.3 is 6.01 Å². The molecule has 2 aromatic rings. The molecule has 0 saturated heterocycles. The fourth-order valence-electron chi connectivity index (χ4n) is 0.880. The highest BCUT2D eigenvalue weighted by molar-refractivity contribution is 5.72. The summed E-state index contributed by atoms with van der Waals surface area (Å²) in [7, 11) is 0. The Kier molecular flexibility index (Phi) is 1.31. The number of nitrogens with one attached hydrogen (secondary N) is 2. The van der Waals surface area contributed by atoms with E-state index in [1.165, 1.54) is 6.20 Å². The van der Waals surface area contributed by atoms with Crippen LogP contribution in [0.2, 0.25) is 0 Å². The van der Waals surface area contributed by atoms with Gasteiger partial charge in [0, 0.05) is 0 Å². The lowest BCUT2D eigenvalue weighted by molar-refractivity contribution is 0.306. The molecule has 2 aromatic heterocycles. The maximum Gasteiger partial charge on any atom is 0.318 e. The number of rotatable bonds is 1. The van der Waals surface area contributed by atoms with Crippen molar-refractivity contribution in [2.45, 2.75) is 0 Å². The molecule has 12 heavy (non-hydrogen) atoms. The summed E-state index contributed by atoms with van der Waals surface area (Å²) < 4.78 is 0. The van der Waals surface area contributed by atoms with Crippen LogP contribution < -0.4 is 16.3 Å². The van der Waals surface area contributed by atoms with Crippen LogP contribution in [0.25, 0.3) is 11.0 Å². The second kappa shape index (κ2) is 2.31. The Balaban J connectivity index is 2.84. The number of aromatic nitrogens is 4. The zero-order chi connectivity index (χ0) is 8.55. The third-order valence-electron chi connectivity index (χ3n) is 1.41. The summed E-state index contributed by atoms with van der Waals surface area (Å²) in [6, 6.07) is -0.0447. The molecule has 4 N–H and O–H groups in total. The Bertz CT molecular complexity index is 458. The monoisotopic (exact) mass is 167 g/mol. The predicted molar refractivity (Wildman–Crippen MR) is 39.3 cm³/mol. The van der Waals surface area contributed by atoms with Crippen LogP contribution in [-0.2, 0) is 0 Å². The first-order valence-corrected chi connectivity index (χ1v) is 3.11. The van der Waals surface area contributed by atoms with Crippen molar-refractivity contribution in [1.82, 2.24) is 20.2 Å². The molecule has 0 aromatic carbocycles. The van der Waals surface area contributed by atoms with E-state index in [0.717, 1.165) is 0 Å². The molecule has 7 nitrogen and oxygen atoms in total. The molecule has 0 fully saturated rings. The van der Waals surface area contributed by atoms with Gasteiger partial charge in [0.25, 0.3) is 5.56 Å². The van der Waals surface area contributed by atoms with Crippen LogP contribution in [0.4, 0.5) is 0 Å². The van der Waals surface area contributed by atoms with Crippen LogP contribution in [0.3, 0.4) is 0 Å². The second-order valence-corrected chi connectivity index (χ2v) is 2.12. The Morgan fingerprint density at radius 3 is 3.17 bits per heavy atom. The van der Waals surface area contributed by atoms with Gasteiger partial charge in [-0.25, -0.2) is 0 Å². The maximum absolute atomic E-state index is 11.1. The second-order valence-electron chi connectivity index (χ2n) is 2.12. The minimum atomic E-state index is -0.339. The summed E-state index contributed by atoms with van der Waals surface area (Å²) in [4.78, 5) is 21.5. The quantitative estimate of drug-likeness (QED) is 0.467. The van der Waals surface area contributed by atoms with Gasteiger partial charge in [0.1, 0.15) is 5.39 Å². The summed E-state index contributed by atoms with van der Waals surface area (Å²) in [6.45, 7) is 0. The molecule has 0 spiro atoms. The molecule has 7 heteroatoms. The minimum absolute atomic E-state index is 0.0447. The standard InChI is InChI=1S/C5H5N5O2/c6-12-5-8-3-2(1-7-10-3)4(11)9-5/h1H,6H2,(H2,7,8,9,10,11). The van der Waals surface area contributed by atoms with Crippen LogP contribution in [0, 0.1) is 0 Å². The van der Waals surface area contributed by atoms with Crippen molar-refractivity contribution in [3.63, 3.8) is 0 Å². The van der Waals surface area contributed by atoms with E-state index in [2.05, 4.69) is 25.0 Å². The smallest absolute Gasteiger partial charge is 0.318 e. The van der Waals surface area contributed by atoms with Crippen molar-refractivity contribution in [3.8, 4) is 6.01 Å². The SMILES string of the molecule is NOc1nc2[nH]ncc2c(=O)[nH]1. The van der Waals surface area contributed by atoms with Crippen molar-refractivity contribution in [2.24, 2.45) is 5.90 Å². The molecule has 2 rings (SSSR count). The van der Waals surface area contributed by atoms with Crippen LogP contribution >= 0.6 is 0 Å². The molecule has 0 saturated carbocycles. The molecule has 0 atom stereocenters. The van der Waals surface area contributed by atoms with Crippen molar-refractivity contribution in [2.75, 3.05) is 0 Å². The highest BCUT2D eigenvalue weighted by atomic mass is 16.6. The van der Waals surface area contributed by atoms with Crippen LogP contribution in [0.1, 0.15) is 0 Å². The van der Waals surface area contributed by atoms with Gasteiger partial charge in [-0.2, -0.15) is 16.0 Å². The molecular weight excluding hydrogens is 162 g/mol. The number of hydrogen-bond donors (Lipinski definition) is 3. The van der Waals surface area contributed by atoms with E-state index in [-0.39, 0.29) is 11.6 Å². The van der Waals surface area contributed by atoms with E-state index in [1.54, 1.807) is 0 Å². The van der Waals surface area contributed by atoms with E-state index in [1.807, 2.05) is 0 Å². The van der Waals surface area contributed by atoms with Crippen molar-refractivity contribution >= 4 is 11.0 Å². The fourth-order valence-corrected chi connectivity index (χ4v) is 0.880. The van der Waals surface area contributed by atoms with Gasteiger partial charge < -0.3 is 4.84 Å². The maximum atomic E-state index is 11.1. The summed E-state index contributed by atoms with van der Waals surface area (Å²) in [5.41, 5.74) is 0.00778. The first kappa shape index (κ1) is 6.80. The largest absolute Gasteiger partial charge is 0.373 e. The molecule has 62 valence electrons. The lowest BCUT2D eigenvalue weighted by Gasteiger charge is -1.94. The fraction of sp³-hybridized carbons (Fsp3) is 0. The summed E-state index contributed by atoms with van der Waals surface area (Å²) in [5, 5.41) is 6.52. The molecule has 2 heterocycles. The highest BCUT2D eigenvalue weighted by Crippen LogP contribution is 2.03. The third kappa shape index (κ3) is 0.839. The molecule has 0 aliphatic carbocycles. The molecule has 0 aliphatic rings. The van der Waals surface area contributed by atoms with Crippen LogP contribution in [-0.4, -0.2) is 20.2 Å². The molecule has 0 amide bonds. The number of nitrogens with two attached hydrogens (primary N) is 1. The summed E-state index contributed by atoms with van der Waals surface area (Å²) in [6.07, 6.45) is 1.38. The Labute approximate surface area is 65.5 Å². The van der Waals surface area contributed by atoms with Gasteiger partial charge in [0.15, 0.2) is 5.65 Å². The average molecular weight is 167 g/mol. The number of nitrogens with zero attached hydrogens (tertiary/aromatic N) is 2. The van der Waals surface area contributed by atoms with Gasteiger partial charge in [0.2, 0.25) is 0 Å². The van der Waals surface area contributed by atoms with Crippen molar-refractivity contribution in [3.05, 3.63) is 16.6 Å². The molecule has 0 aliphatic heterocycles. The molecule has 0 bridgehead atoms. The Hall–Kier alpha value is -1.89. The number of fused-ring (bicyclic) bond motifs is 1. The Morgan fingerprint density at radius 2 is 2.42 bits per heavy atom. The first-order chi connectivity index (χ1) is 5.81. The summed E-state index contributed by atoms with van der Waals surface area (Å²) >= 11 is 0. The molecule has 0 unspecified atom stereocenters. The van der Waals surface area contributed by atoms with E-state index >= 15 is 0 Å². The van der Waals surface area contributed by atoms with Gasteiger partial charge in [-0.15, -0.1) is 0 Å². The number of aromatic amines is 2. The van der Waals surface area contributed by atoms with Gasteiger partial charge in [-0.3, -0.25) is 14.9 Å². The Morgan fingerprint density at radius 1 is 1.58 bits per heavy atom. The van der Waals surface area contributed by atoms with Crippen LogP contribution in [0.5, 0.6) is 6.01 Å². The van der Waals surface area contributed by atoms with Gasteiger partial charge in [-0.05, 0) is 0 Å². The third-order valence-corrected chi connectivity index (χ3v) is 1.41. The van der Waals surface area contributed by atoms with E-state index in [9.17, 15) is 4.79 Å². The average Bonchev–Trinajstić information content (AvgIpc) is 2.52. The van der Waals surface area contributed by atoms with Crippen molar-refractivity contribution < 1.29 is 4.84 Å². The van der Waals surface area contributed by atoms with E-state index in [4.69, 9.17) is 5.90 Å². The van der Waals surface area contributed by atoms with Crippen molar-refractivity contribution in [1.29, 1.82) is 0 Å². The zero-order valence-corrected chi connectivity index (χ0v) is 5.87. The predicted octanol–water partition coefficient (Wildman–Crippen LogP) is -1.10. The van der Waals surface area contributed by atoms with Gasteiger partial charge in [-0.1, -0.05) is 0 Å². The molecule has 0 radical (unpaired) electrons. The highest BCUT2D eigenvalue weighted by Gasteiger charge is 2.04. The normalized spacial score (nSPS) is 10.4. The van der Waals surface area contributed by atoms with E-state index < -0.39 is 0 Å². The zero-order valence-electron chi connectivity index (χ0n) is 5.87. The minimum Gasteiger partial charge on any atom is -0.373 e. The van der Waals surface area contributed by atoms with E-state index in [0.29, 0.717) is 11.0 Å². The number of hydrogen-bond acceptors (Lipinski definition) is 5.